The van der Waals surface area contributed by atoms with Gasteiger partial charge in [0.2, 0.25) is 5.95 Å². The maximum Gasteiger partial charge on any atom is 0.228 e. The van der Waals surface area contributed by atoms with Gasteiger partial charge in [-0.3, -0.25) is 4.57 Å². The molecule has 3 aromatic rings. The van der Waals surface area contributed by atoms with E-state index in [4.69, 9.17) is 4.42 Å². The minimum absolute atomic E-state index is 0.120. The third kappa shape index (κ3) is 4.84. The van der Waals surface area contributed by atoms with E-state index in [-0.39, 0.29) is 5.75 Å². The SMILES string of the molecule is O=S(=O)(CCCSc1nnc(N2CCCC2)n1Cc1ccco1)c1ccccc1. The van der Waals surface area contributed by atoms with Crippen molar-refractivity contribution in [3.8, 4) is 0 Å². The highest BCUT2D eigenvalue weighted by atomic mass is 32.2. The number of aromatic nitrogens is 3. The van der Waals surface area contributed by atoms with Crippen LogP contribution in [0.15, 0.2) is 63.2 Å². The summed E-state index contributed by atoms with van der Waals surface area (Å²) in [4.78, 5) is 2.63. The fraction of sp³-hybridized carbons (Fsp3) is 0.400. The topological polar surface area (TPSA) is 81.2 Å². The predicted octanol–water partition coefficient (Wildman–Crippen LogP) is 3.48. The fourth-order valence-corrected chi connectivity index (χ4v) is 5.78. The van der Waals surface area contributed by atoms with Crippen molar-refractivity contribution in [1.29, 1.82) is 0 Å². The van der Waals surface area contributed by atoms with Crippen LogP contribution in [0.25, 0.3) is 0 Å². The Hall–Kier alpha value is -2.26. The van der Waals surface area contributed by atoms with E-state index in [1.807, 2.05) is 18.2 Å². The number of rotatable bonds is 9. The molecule has 2 aromatic heterocycles. The van der Waals surface area contributed by atoms with Gasteiger partial charge in [0.15, 0.2) is 15.0 Å². The summed E-state index contributed by atoms with van der Waals surface area (Å²) in [5.74, 6) is 2.48. The van der Waals surface area contributed by atoms with Crippen molar-refractivity contribution in [2.45, 2.75) is 35.9 Å². The van der Waals surface area contributed by atoms with Crippen molar-refractivity contribution < 1.29 is 12.8 Å². The van der Waals surface area contributed by atoms with Crippen LogP contribution in [-0.4, -0.2) is 47.8 Å². The van der Waals surface area contributed by atoms with Gasteiger partial charge < -0.3 is 9.32 Å². The van der Waals surface area contributed by atoms with E-state index in [2.05, 4.69) is 19.7 Å². The summed E-state index contributed by atoms with van der Waals surface area (Å²) < 4.78 is 32.5. The molecule has 1 saturated heterocycles. The summed E-state index contributed by atoms with van der Waals surface area (Å²) in [7, 11) is -3.25. The zero-order valence-electron chi connectivity index (χ0n) is 16.1. The normalized spacial score (nSPS) is 14.6. The first-order valence-electron chi connectivity index (χ1n) is 9.75. The lowest BCUT2D eigenvalue weighted by atomic mass is 10.4. The molecule has 1 aromatic carbocycles. The van der Waals surface area contributed by atoms with E-state index >= 15 is 0 Å². The second-order valence-electron chi connectivity index (χ2n) is 6.98. The second kappa shape index (κ2) is 9.04. The van der Waals surface area contributed by atoms with Gasteiger partial charge in [-0.1, -0.05) is 30.0 Å². The molecule has 4 rings (SSSR count). The molecule has 0 N–H and O–H groups in total. The molecule has 154 valence electrons. The van der Waals surface area contributed by atoms with Crippen molar-refractivity contribution in [2.24, 2.45) is 0 Å². The molecule has 3 heterocycles. The van der Waals surface area contributed by atoms with E-state index in [1.165, 1.54) is 0 Å². The van der Waals surface area contributed by atoms with Crippen molar-refractivity contribution in [3.63, 3.8) is 0 Å². The zero-order valence-corrected chi connectivity index (χ0v) is 17.7. The highest BCUT2D eigenvalue weighted by Crippen LogP contribution is 2.26. The van der Waals surface area contributed by atoms with Gasteiger partial charge in [0.1, 0.15) is 5.76 Å². The van der Waals surface area contributed by atoms with E-state index in [9.17, 15) is 8.42 Å². The molecule has 29 heavy (non-hydrogen) atoms. The summed E-state index contributed by atoms with van der Waals surface area (Å²) in [6.07, 6.45) is 4.53. The van der Waals surface area contributed by atoms with Crippen LogP contribution >= 0.6 is 11.8 Å². The number of benzene rings is 1. The number of furan rings is 1. The Morgan fingerprint density at radius 1 is 1.03 bits per heavy atom. The predicted molar refractivity (Wildman–Crippen MR) is 113 cm³/mol. The minimum Gasteiger partial charge on any atom is -0.467 e. The van der Waals surface area contributed by atoms with E-state index in [1.54, 1.807) is 42.3 Å². The molecule has 7 nitrogen and oxygen atoms in total. The highest BCUT2D eigenvalue weighted by Gasteiger charge is 2.22. The van der Waals surface area contributed by atoms with Crippen molar-refractivity contribution in [1.82, 2.24) is 14.8 Å². The molecule has 1 fully saturated rings. The molecule has 1 aliphatic rings. The minimum atomic E-state index is -3.25. The van der Waals surface area contributed by atoms with Crippen LogP contribution < -0.4 is 4.90 Å². The van der Waals surface area contributed by atoms with E-state index < -0.39 is 9.84 Å². The van der Waals surface area contributed by atoms with Crippen LogP contribution in [0.3, 0.4) is 0 Å². The largest absolute Gasteiger partial charge is 0.467 e. The molecular formula is C20H24N4O3S2. The van der Waals surface area contributed by atoms with Crippen LogP contribution in [0.5, 0.6) is 0 Å². The summed E-state index contributed by atoms with van der Waals surface area (Å²) in [5.41, 5.74) is 0. The van der Waals surface area contributed by atoms with Crippen LogP contribution in [0.4, 0.5) is 5.95 Å². The summed E-state index contributed by atoms with van der Waals surface area (Å²) in [5, 5.41) is 9.58. The standard InChI is InChI=1S/C20H24N4O3S2/c25-29(26,18-9-2-1-3-10-18)15-7-14-28-20-22-21-19(23-11-4-5-12-23)24(20)16-17-8-6-13-27-17/h1-3,6,8-10,13H,4-5,7,11-12,14-16H2. The number of nitrogens with zero attached hydrogens (tertiary/aromatic N) is 4. The molecule has 0 unspecified atom stereocenters. The lowest BCUT2D eigenvalue weighted by Gasteiger charge is -2.17. The molecule has 0 spiro atoms. The summed E-state index contributed by atoms with van der Waals surface area (Å²) >= 11 is 1.54. The first kappa shape index (κ1) is 20.0. The third-order valence-electron chi connectivity index (χ3n) is 4.87. The Bertz CT molecular complexity index is 1010. The van der Waals surface area contributed by atoms with Gasteiger partial charge in [-0.15, -0.1) is 10.2 Å². The molecule has 0 atom stereocenters. The Balaban J connectivity index is 1.41. The quantitative estimate of drug-likeness (QED) is 0.378. The molecule has 0 radical (unpaired) electrons. The van der Waals surface area contributed by atoms with Crippen LogP contribution in [0.2, 0.25) is 0 Å². The average Bonchev–Trinajstić information content (AvgIpc) is 3.49. The van der Waals surface area contributed by atoms with Gasteiger partial charge in [0, 0.05) is 18.8 Å². The summed E-state index contributed by atoms with van der Waals surface area (Å²) in [6, 6.07) is 12.4. The Labute approximate surface area is 175 Å². The lowest BCUT2D eigenvalue weighted by molar-refractivity contribution is 0.483. The van der Waals surface area contributed by atoms with Crippen LogP contribution in [0.1, 0.15) is 25.0 Å². The van der Waals surface area contributed by atoms with Crippen molar-refractivity contribution >= 4 is 27.5 Å². The molecule has 0 amide bonds. The maximum absolute atomic E-state index is 12.4. The summed E-state index contributed by atoms with van der Waals surface area (Å²) in [6.45, 7) is 2.53. The lowest BCUT2D eigenvalue weighted by Crippen LogP contribution is -2.22. The number of hydrogen-bond acceptors (Lipinski definition) is 7. The Morgan fingerprint density at radius 3 is 2.55 bits per heavy atom. The van der Waals surface area contributed by atoms with Crippen LogP contribution in [-0.2, 0) is 16.4 Å². The molecule has 0 aliphatic carbocycles. The molecule has 0 bridgehead atoms. The second-order valence-corrected chi connectivity index (χ2v) is 10.1. The van der Waals surface area contributed by atoms with Gasteiger partial charge in [-0.25, -0.2) is 8.42 Å². The molecular weight excluding hydrogens is 408 g/mol. The number of hydrogen-bond donors (Lipinski definition) is 0. The van der Waals surface area contributed by atoms with E-state index in [0.717, 1.165) is 42.8 Å². The van der Waals surface area contributed by atoms with Crippen molar-refractivity contribution in [2.75, 3.05) is 29.5 Å². The number of sulfone groups is 1. The molecule has 1 aliphatic heterocycles. The molecule has 9 heteroatoms. The van der Waals surface area contributed by atoms with E-state index in [0.29, 0.717) is 23.6 Å². The smallest absolute Gasteiger partial charge is 0.228 e. The van der Waals surface area contributed by atoms with Gasteiger partial charge in [-0.2, -0.15) is 0 Å². The van der Waals surface area contributed by atoms with Gasteiger partial charge in [0.05, 0.1) is 23.5 Å². The van der Waals surface area contributed by atoms with Crippen LogP contribution in [0, 0.1) is 0 Å². The average molecular weight is 433 g/mol. The Kier molecular flexibility index (Phi) is 6.25. The maximum atomic E-state index is 12.4. The number of thioether (sulfide) groups is 1. The first-order valence-corrected chi connectivity index (χ1v) is 12.4. The number of anilines is 1. The first-order chi connectivity index (χ1) is 14.1. The van der Waals surface area contributed by atoms with Crippen molar-refractivity contribution in [3.05, 3.63) is 54.5 Å². The third-order valence-corrected chi connectivity index (χ3v) is 7.74. The highest BCUT2D eigenvalue weighted by molar-refractivity contribution is 7.99. The van der Waals surface area contributed by atoms with Gasteiger partial charge in [0.25, 0.3) is 0 Å². The molecule has 0 saturated carbocycles. The zero-order chi connectivity index (χ0) is 20.1. The Morgan fingerprint density at radius 2 is 1.83 bits per heavy atom. The van der Waals surface area contributed by atoms with Gasteiger partial charge >= 0.3 is 0 Å². The van der Waals surface area contributed by atoms with Gasteiger partial charge in [-0.05, 0) is 43.5 Å². The monoisotopic (exact) mass is 432 g/mol. The fourth-order valence-electron chi connectivity index (χ4n) is 3.39.